The predicted molar refractivity (Wildman–Crippen MR) is 87.8 cm³/mol. The summed E-state index contributed by atoms with van der Waals surface area (Å²) in [7, 11) is 0. The minimum Gasteiger partial charge on any atom is -0.396 e. The third-order valence-electron chi connectivity index (χ3n) is 5.59. The Hall–Kier alpha value is -1.56. The molecule has 25 heavy (non-hydrogen) atoms. The maximum absolute atomic E-state index is 12.8. The van der Waals surface area contributed by atoms with Gasteiger partial charge in [0.1, 0.15) is 0 Å². The molecule has 1 N–H and O–H groups in total. The van der Waals surface area contributed by atoms with Gasteiger partial charge < -0.3 is 10.0 Å². The first kappa shape index (κ1) is 18.2. The maximum atomic E-state index is 12.8. The quantitative estimate of drug-likeness (QED) is 0.896. The van der Waals surface area contributed by atoms with Crippen LogP contribution in [0.4, 0.5) is 13.2 Å². The zero-order valence-electron chi connectivity index (χ0n) is 14.1. The number of nitrogens with zero attached hydrogens (tertiary/aromatic N) is 1. The lowest BCUT2D eigenvalue weighted by Gasteiger charge is -2.31. The van der Waals surface area contributed by atoms with Crippen LogP contribution in [0.3, 0.4) is 0 Å². The standard InChI is InChI=1S/C19H24F3NO2/c20-19(21,22)15-8-6-13(7-9-15)10-17-14(12-24)11-23(18(17)25)16-4-2-1-3-5-16/h6-9,14,16-17,24H,1-5,10-12H2. The molecule has 2 fully saturated rings. The van der Waals surface area contributed by atoms with E-state index in [-0.39, 0.29) is 30.4 Å². The highest BCUT2D eigenvalue weighted by Crippen LogP contribution is 2.34. The normalized spacial score (nSPS) is 25.6. The van der Waals surface area contributed by atoms with Gasteiger partial charge in [-0.15, -0.1) is 0 Å². The fourth-order valence-electron chi connectivity index (χ4n) is 4.13. The molecule has 1 saturated heterocycles. The molecule has 3 rings (SSSR count). The lowest BCUT2D eigenvalue weighted by atomic mass is 9.89. The van der Waals surface area contributed by atoms with Gasteiger partial charge in [-0.1, -0.05) is 31.4 Å². The second-order valence-electron chi connectivity index (χ2n) is 7.23. The number of amides is 1. The van der Waals surface area contributed by atoms with Crippen LogP contribution in [0.5, 0.6) is 0 Å². The van der Waals surface area contributed by atoms with Crippen LogP contribution in [0.2, 0.25) is 0 Å². The fraction of sp³-hybridized carbons (Fsp3) is 0.632. The molecule has 0 spiro atoms. The average molecular weight is 355 g/mol. The first-order valence-corrected chi connectivity index (χ1v) is 8.97. The van der Waals surface area contributed by atoms with Crippen LogP contribution >= 0.6 is 0 Å². The van der Waals surface area contributed by atoms with Gasteiger partial charge in [-0.05, 0) is 37.0 Å². The van der Waals surface area contributed by atoms with Crippen molar-refractivity contribution in [3.8, 4) is 0 Å². The Balaban J connectivity index is 1.71. The van der Waals surface area contributed by atoms with Crippen LogP contribution in [-0.4, -0.2) is 35.1 Å². The molecule has 2 aliphatic rings. The Labute approximate surface area is 145 Å². The van der Waals surface area contributed by atoms with Crippen molar-refractivity contribution in [3.63, 3.8) is 0 Å². The summed E-state index contributed by atoms with van der Waals surface area (Å²) in [5.41, 5.74) is 0.0202. The molecular formula is C19H24F3NO2. The van der Waals surface area contributed by atoms with Crippen molar-refractivity contribution < 1.29 is 23.1 Å². The fourth-order valence-corrected chi connectivity index (χ4v) is 4.13. The lowest BCUT2D eigenvalue weighted by Crippen LogP contribution is -2.39. The largest absolute Gasteiger partial charge is 0.416 e. The summed E-state index contributed by atoms with van der Waals surface area (Å²) in [6.07, 6.45) is 1.51. The minimum atomic E-state index is -4.35. The molecule has 1 saturated carbocycles. The number of hydrogen-bond donors (Lipinski definition) is 1. The second kappa shape index (κ2) is 7.36. The number of likely N-dealkylation sites (tertiary alicyclic amines) is 1. The van der Waals surface area contributed by atoms with E-state index in [4.69, 9.17) is 0 Å². The van der Waals surface area contributed by atoms with Crippen molar-refractivity contribution in [2.75, 3.05) is 13.2 Å². The molecule has 1 aromatic rings. The summed E-state index contributed by atoms with van der Waals surface area (Å²) in [6, 6.07) is 5.25. The highest BCUT2D eigenvalue weighted by Gasteiger charge is 2.42. The minimum absolute atomic E-state index is 0.0471. The zero-order chi connectivity index (χ0) is 18.0. The van der Waals surface area contributed by atoms with Gasteiger partial charge in [0.15, 0.2) is 0 Å². The Bertz CT molecular complexity index is 594. The van der Waals surface area contributed by atoms with E-state index < -0.39 is 11.7 Å². The van der Waals surface area contributed by atoms with Crippen molar-refractivity contribution in [2.24, 2.45) is 11.8 Å². The van der Waals surface area contributed by atoms with E-state index in [0.29, 0.717) is 18.5 Å². The number of carbonyl (C=O) groups is 1. The topological polar surface area (TPSA) is 40.5 Å². The Morgan fingerprint density at radius 2 is 1.72 bits per heavy atom. The third-order valence-corrected chi connectivity index (χ3v) is 5.59. The van der Waals surface area contributed by atoms with Gasteiger partial charge in [0.25, 0.3) is 0 Å². The van der Waals surface area contributed by atoms with E-state index in [2.05, 4.69) is 0 Å². The van der Waals surface area contributed by atoms with Gasteiger partial charge in [0.2, 0.25) is 5.91 Å². The average Bonchev–Trinajstić information content (AvgIpc) is 2.91. The van der Waals surface area contributed by atoms with Gasteiger partial charge in [0.05, 0.1) is 5.56 Å². The van der Waals surface area contributed by atoms with Gasteiger partial charge in [-0.2, -0.15) is 13.2 Å². The van der Waals surface area contributed by atoms with Crippen LogP contribution in [0.15, 0.2) is 24.3 Å². The smallest absolute Gasteiger partial charge is 0.396 e. The summed E-state index contributed by atoms with van der Waals surface area (Å²) in [6.45, 7) is 0.492. The second-order valence-corrected chi connectivity index (χ2v) is 7.23. The molecule has 1 aromatic carbocycles. The number of benzene rings is 1. The Kier molecular flexibility index (Phi) is 5.37. The van der Waals surface area contributed by atoms with E-state index in [1.54, 1.807) is 0 Å². The third kappa shape index (κ3) is 4.00. The molecule has 2 atom stereocenters. The van der Waals surface area contributed by atoms with E-state index in [0.717, 1.165) is 37.8 Å². The van der Waals surface area contributed by atoms with Crippen LogP contribution in [0.1, 0.15) is 43.2 Å². The van der Waals surface area contributed by atoms with Crippen LogP contribution in [-0.2, 0) is 17.4 Å². The molecule has 0 aromatic heterocycles. The van der Waals surface area contributed by atoms with Crippen molar-refractivity contribution >= 4 is 5.91 Å². The zero-order valence-corrected chi connectivity index (χ0v) is 14.1. The van der Waals surface area contributed by atoms with Gasteiger partial charge in [0, 0.05) is 31.0 Å². The molecule has 0 radical (unpaired) electrons. The molecule has 1 heterocycles. The molecule has 2 unspecified atom stereocenters. The van der Waals surface area contributed by atoms with Gasteiger partial charge >= 0.3 is 6.18 Å². The van der Waals surface area contributed by atoms with Crippen molar-refractivity contribution in [3.05, 3.63) is 35.4 Å². The monoisotopic (exact) mass is 355 g/mol. The molecule has 3 nitrogen and oxygen atoms in total. The van der Waals surface area contributed by atoms with Crippen molar-refractivity contribution in [2.45, 2.75) is 50.7 Å². The molecular weight excluding hydrogens is 331 g/mol. The first-order valence-electron chi connectivity index (χ1n) is 8.97. The molecule has 1 amide bonds. The van der Waals surface area contributed by atoms with E-state index in [1.165, 1.54) is 18.6 Å². The van der Waals surface area contributed by atoms with E-state index >= 15 is 0 Å². The van der Waals surface area contributed by atoms with Gasteiger partial charge in [-0.3, -0.25) is 4.79 Å². The highest BCUT2D eigenvalue weighted by molar-refractivity contribution is 5.82. The number of rotatable bonds is 4. The van der Waals surface area contributed by atoms with Crippen molar-refractivity contribution in [1.82, 2.24) is 4.90 Å². The number of alkyl halides is 3. The van der Waals surface area contributed by atoms with E-state index in [9.17, 15) is 23.1 Å². The van der Waals surface area contributed by atoms with Gasteiger partial charge in [-0.25, -0.2) is 0 Å². The summed E-state index contributed by atoms with van der Waals surface area (Å²) in [5, 5.41) is 9.67. The molecule has 0 bridgehead atoms. The Morgan fingerprint density at radius 3 is 2.28 bits per heavy atom. The molecule has 6 heteroatoms. The maximum Gasteiger partial charge on any atom is 0.416 e. The number of aliphatic hydroxyl groups is 1. The molecule has 1 aliphatic carbocycles. The number of carbonyl (C=O) groups excluding carboxylic acids is 1. The molecule has 1 aliphatic heterocycles. The summed E-state index contributed by atoms with van der Waals surface area (Å²) >= 11 is 0. The SMILES string of the molecule is O=C1C(Cc2ccc(C(F)(F)F)cc2)C(CO)CN1C1CCCCC1. The lowest BCUT2D eigenvalue weighted by molar-refractivity contribution is -0.137. The number of aliphatic hydroxyl groups excluding tert-OH is 1. The molecule has 138 valence electrons. The Morgan fingerprint density at radius 1 is 1.08 bits per heavy atom. The van der Waals surface area contributed by atoms with Crippen LogP contribution in [0.25, 0.3) is 0 Å². The summed E-state index contributed by atoms with van der Waals surface area (Å²) in [5.74, 6) is -0.439. The number of halogens is 3. The van der Waals surface area contributed by atoms with Crippen LogP contribution in [0, 0.1) is 11.8 Å². The predicted octanol–water partition coefficient (Wildman–Crippen LogP) is 3.65. The van der Waals surface area contributed by atoms with Crippen molar-refractivity contribution in [1.29, 1.82) is 0 Å². The summed E-state index contributed by atoms with van der Waals surface area (Å²) in [4.78, 5) is 14.8. The summed E-state index contributed by atoms with van der Waals surface area (Å²) < 4.78 is 38.0. The van der Waals surface area contributed by atoms with Crippen LogP contribution < -0.4 is 0 Å². The van der Waals surface area contributed by atoms with E-state index in [1.807, 2.05) is 4.90 Å². The first-order chi connectivity index (χ1) is 11.9. The highest BCUT2D eigenvalue weighted by atomic mass is 19.4. The number of hydrogen-bond acceptors (Lipinski definition) is 2.